The first-order valence-electron chi connectivity index (χ1n) is 8.19. The zero-order valence-corrected chi connectivity index (χ0v) is 13.7. The number of amides is 1. The molecule has 2 atom stereocenters. The summed E-state index contributed by atoms with van der Waals surface area (Å²) in [6.45, 7) is 5.67. The fourth-order valence-electron chi connectivity index (χ4n) is 6.58. The molecule has 0 radical (unpaired) electrons. The standard InChI is InChI=1S/C17H28ClNO/c1-15-6-13-7-16(2,10-15)12-17(8-13,11-15)9-14(20)19-5-3-4-18/h13H,3-12H2,1-2H3,(H,19,20). The van der Waals surface area contributed by atoms with E-state index in [2.05, 4.69) is 19.2 Å². The van der Waals surface area contributed by atoms with Crippen molar-refractivity contribution in [1.82, 2.24) is 5.32 Å². The summed E-state index contributed by atoms with van der Waals surface area (Å²) in [5.41, 5.74) is 1.31. The second kappa shape index (κ2) is 4.90. The Labute approximate surface area is 128 Å². The van der Waals surface area contributed by atoms with E-state index in [-0.39, 0.29) is 5.91 Å². The summed E-state index contributed by atoms with van der Waals surface area (Å²) in [6, 6.07) is 0. The van der Waals surface area contributed by atoms with Gasteiger partial charge in [0.15, 0.2) is 0 Å². The van der Waals surface area contributed by atoms with Crippen LogP contribution >= 0.6 is 11.6 Å². The Morgan fingerprint density at radius 1 is 1.15 bits per heavy atom. The fraction of sp³-hybridized carbons (Fsp3) is 0.941. The third-order valence-electron chi connectivity index (χ3n) is 5.91. The monoisotopic (exact) mass is 297 g/mol. The van der Waals surface area contributed by atoms with Crippen molar-refractivity contribution in [2.24, 2.45) is 22.2 Å². The largest absolute Gasteiger partial charge is 0.356 e. The third kappa shape index (κ3) is 2.73. The highest BCUT2D eigenvalue weighted by molar-refractivity contribution is 6.17. The van der Waals surface area contributed by atoms with Crippen LogP contribution in [0.15, 0.2) is 0 Å². The third-order valence-corrected chi connectivity index (χ3v) is 6.18. The predicted octanol–water partition coefficient (Wildman–Crippen LogP) is 4.12. The number of alkyl halides is 1. The minimum Gasteiger partial charge on any atom is -0.356 e. The average Bonchev–Trinajstić information content (AvgIpc) is 2.22. The molecule has 114 valence electrons. The maximum Gasteiger partial charge on any atom is 0.220 e. The molecular formula is C17H28ClNO. The van der Waals surface area contributed by atoms with Gasteiger partial charge in [0.2, 0.25) is 5.91 Å². The van der Waals surface area contributed by atoms with Crippen molar-refractivity contribution < 1.29 is 4.79 Å². The molecule has 4 bridgehead atoms. The summed E-state index contributed by atoms with van der Waals surface area (Å²) < 4.78 is 0. The molecule has 0 aliphatic heterocycles. The van der Waals surface area contributed by atoms with E-state index in [9.17, 15) is 4.79 Å². The van der Waals surface area contributed by atoms with Gasteiger partial charge in [-0.25, -0.2) is 0 Å². The highest BCUT2D eigenvalue weighted by Gasteiger charge is 2.60. The maximum atomic E-state index is 12.3. The highest BCUT2D eigenvalue weighted by Crippen LogP contribution is 2.70. The topological polar surface area (TPSA) is 29.1 Å². The molecule has 0 heterocycles. The van der Waals surface area contributed by atoms with E-state index in [0.29, 0.717) is 22.1 Å². The number of hydrogen-bond donors (Lipinski definition) is 1. The molecule has 20 heavy (non-hydrogen) atoms. The van der Waals surface area contributed by atoms with Gasteiger partial charge < -0.3 is 5.32 Å². The zero-order chi connectivity index (χ0) is 14.4. The molecule has 2 unspecified atom stereocenters. The van der Waals surface area contributed by atoms with E-state index in [0.717, 1.165) is 25.3 Å². The average molecular weight is 298 g/mol. The van der Waals surface area contributed by atoms with Crippen LogP contribution in [0.5, 0.6) is 0 Å². The van der Waals surface area contributed by atoms with Gasteiger partial charge in [-0.3, -0.25) is 4.79 Å². The van der Waals surface area contributed by atoms with Crippen LogP contribution in [0.25, 0.3) is 0 Å². The summed E-state index contributed by atoms with van der Waals surface area (Å²) >= 11 is 5.67. The van der Waals surface area contributed by atoms with Crippen molar-refractivity contribution >= 4 is 17.5 Å². The Kier molecular flexibility index (Phi) is 3.60. The van der Waals surface area contributed by atoms with Crippen LogP contribution in [0, 0.1) is 22.2 Å². The molecule has 4 aliphatic rings. The van der Waals surface area contributed by atoms with E-state index >= 15 is 0 Å². The minimum absolute atomic E-state index is 0.254. The van der Waals surface area contributed by atoms with Crippen molar-refractivity contribution in [2.45, 2.75) is 65.2 Å². The van der Waals surface area contributed by atoms with E-state index in [4.69, 9.17) is 11.6 Å². The molecular weight excluding hydrogens is 270 g/mol. The molecule has 4 rings (SSSR count). The zero-order valence-electron chi connectivity index (χ0n) is 12.9. The van der Waals surface area contributed by atoms with Gasteiger partial charge in [-0.2, -0.15) is 0 Å². The molecule has 1 N–H and O–H groups in total. The lowest BCUT2D eigenvalue weighted by molar-refractivity contribution is -0.156. The van der Waals surface area contributed by atoms with Crippen molar-refractivity contribution in [3.63, 3.8) is 0 Å². The Bertz CT molecular complexity index is 390. The van der Waals surface area contributed by atoms with Gasteiger partial charge in [-0.1, -0.05) is 13.8 Å². The summed E-state index contributed by atoms with van der Waals surface area (Å²) in [5.74, 6) is 1.75. The van der Waals surface area contributed by atoms with Crippen LogP contribution in [-0.4, -0.2) is 18.3 Å². The van der Waals surface area contributed by atoms with Crippen molar-refractivity contribution in [2.75, 3.05) is 12.4 Å². The first-order chi connectivity index (χ1) is 9.36. The lowest BCUT2D eigenvalue weighted by Gasteiger charge is -2.65. The Hall–Kier alpha value is -0.240. The summed E-state index contributed by atoms with van der Waals surface area (Å²) in [5, 5.41) is 3.06. The van der Waals surface area contributed by atoms with Gasteiger partial charge >= 0.3 is 0 Å². The van der Waals surface area contributed by atoms with Crippen molar-refractivity contribution in [1.29, 1.82) is 0 Å². The molecule has 1 amide bonds. The van der Waals surface area contributed by atoms with Gasteiger partial charge in [0.1, 0.15) is 0 Å². The highest BCUT2D eigenvalue weighted by atomic mass is 35.5. The van der Waals surface area contributed by atoms with E-state index in [1.807, 2.05) is 0 Å². The molecule has 0 aromatic carbocycles. The quantitative estimate of drug-likeness (QED) is 0.600. The van der Waals surface area contributed by atoms with Crippen molar-refractivity contribution in [3.05, 3.63) is 0 Å². The lowest BCUT2D eigenvalue weighted by atomic mass is 9.40. The Morgan fingerprint density at radius 3 is 2.35 bits per heavy atom. The predicted molar refractivity (Wildman–Crippen MR) is 82.8 cm³/mol. The molecule has 4 aliphatic carbocycles. The Balaban J connectivity index is 1.68. The Morgan fingerprint density at radius 2 is 1.80 bits per heavy atom. The van der Waals surface area contributed by atoms with E-state index in [1.54, 1.807) is 0 Å². The van der Waals surface area contributed by atoms with Crippen molar-refractivity contribution in [3.8, 4) is 0 Å². The van der Waals surface area contributed by atoms with Crippen LogP contribution in [0.3, 0.4) is 0 Å². The SMILES string of the molecule is CC12CC3CC(C)(C1)CC(CC(=O)NCCCCl)(C3)C2. The van der Waals surface area contributed by atoms with E-state index < -0.39 is 0 Å². The van der Waals surface area contributed by atoms with Gasteiger partial charge in [0, 0.05) is 18.8 Å². The number of rotatable bonds is 5. The lowest BCUT2D eigenvalue weighted by Crippen LogP contribution is -2.56. The fourth-order valence-corrected chi connectivity index (χ4v) is 6.71. The molecule has 2 nitrogen and oxygen atoms in total. The van der Waals surface area contributed by atoms with E-state index in [1.165, 1.54) is 38.5 Å². The summed E-state index contributed by atoms with van der Waals surface area (Å²) in [4.78, 5) is 12.3. The van der Waals surface area contributed by atoms with Crippen LogP contribution in [0.4, 0.5) is 0 Å². The molecule has 3 heteroatoms. The van der Waals surface area contributed by atoms with Crippen LogP contribution in [0.2, 0.25) is 0 Å². The summed E-state index contributed by atoms with van der Waals surface area (Å²) in [6.07, 6.45) is 9.64. The van der Waals surface area contributed by atoms with Gasteiger partial charge in [0.05, 0.1) is 0 Å². The second-order valence-electron chi connectivity index (χ2n) is 8.70. The van der Waals surface area contributed by atoms with Gasteiger partial charge in [-0.05, 0) is 67.1 Å². The first-order valence-corrected chi connectivity index (χ1v) is 8.72. The minimum atomic E-state index is 0.254. The van der Waals surface area contributed by atoms with Crippen LogP contribution < -0.4 is 5.32 Å². The van der Waals surface area contributed by atoms with Crippen LogP contribution in [0.1, 0.15) is 65.2 Å². The second-order valence-corrected chi connectivity index (χ2v) is 9.08. The smallest absolute Gasteiger partial charge is 0.220 e. The number of halogens is 1. The molecule has 0 saturated heterocycles. The molecule has 0 spiro atoms. The molecule has 4 saturated carbocycles. The maximum absolute atomic E-state index is 12.3. The van der Waals surface area contributed by atoms with Gasteiger partial charge in [0.25, 0.3) is 0 Å². The normalized spacial score (nSPS) is 45.6. The number of nitrogens with one attached hydrogen (secondary N) is 1. The number of hydrogen-bond acceptors (Lipinski definition) is 1. The molecule has 4 fully saturated rings. The molecule has 0 aromatic rings. The first kappa shape index (κ1) is 14.7. The number of carbonyl (C=O) groups is 1. The van der Waals surface area contributed by atoms with Crippen LogP contribution in [-0.2, 0) is 4.79 Å². The summed E-state index contributed by atoms with van der Waals surface area (Å²) in [7, 11) is 0. The van der Waals surface area contributed by atoms with Gasteiger partial charge in [-0.15, -0.1) is 11.6 Å². The number of carbonyl (C=O) groups excluding carboxylic acids is 1. The molecule has 0 aromatic heterocycles.